The lowest BCUT2D eigenvalue weighted by Gasteiger charge is -2.18. The minimum atomic E-state index is -0.125. The number of nitrogens with zero attached hydrogens (tertiary/aromatic N) is 2. The smallest absolute Gasteiger partial charge is 0.293 e. The molecule has 6 heteroatoms. The fraction of sp³-hybridized carbons (Fsp3) is 0.333. The van der Waals surface area contributed by atoms with Crippen LogP contribution in [0.3, 0.4) is 0 Å². The van der Waals surface area contributed by atoms with Gasteiger partial charge in [-0.05, 0) is 24.1 Å². The van der Waals surface area contributed by atoms with Gasteiger partial charge in [-0.2, -0.15) is 0 Å². The minimum Gasteiger partial charge on any atom is -0.486 e. The number of rotatable bonds is 4. The molecular weight excluding hydrogens is 270 g/mol. The van der Waals surface area contributed by atoms with Gasteiger partial charge >= 0.3 is 0 Å². The summed E-state index contributed by atoms with van der Waals surface area (Å²) >= 11 is 0. The molecule has 1 aliphatic rings. The number of nitrogens with one attached hydrogen (secondary N) is 1. The van der Waals surface area contributed by atoms with Crippen LogP contribution in [0.5, 0.6) is 11.5 Å². The number of benzene rings is 1. The molecule has 1 aromatic heterocycles. The number of fused-ring (bicyclic) bond motifs is 1. The maximum absolute atomic E-state index is 11.8. The van der Waals surface area contributed by atoms with Crippen LogP contribution in [-0.2, 0) is 13.5 Å². The predicted octanol–water partition coefficient (Wildman–Crippen LogP) is 1.21. The van der Waals surface area contributed by atoms with Crippen molar-refractivity contribution in [3.8, 4) is 11.5 Å². The van der Waals surface area contributed by atoms with E-state index >= 15 is 0 Å². The second kappa shape index (κ2) is 5.87. The van der Waals surface area contributed by atoms with E-state index in [1.54, 1.807) is 19.4 Å². The number of aromatic nitrogens is 2. The van der Waals surface area contributed by atoms with E-state index in [1.807, 2.05) is 18.2 Å². The predicted molar refractivity (Wildman–Crippen MR) is 79.1 cm³/mol. The summed E-state index contributed by atoms with van der Waals surface area (Å²) in [6, 6.07) is 5.90. The highest BCUT2D eigenvalue weighted by Gasteiger charge is 2.11. The molecule has 0 fully saturated rings. The largest absolute Gasteiger partial charge is 0.486 e. The number of ether oxygens (including phenoxy) is 2. The molecule has 21 heavy (non-hydrogen) atoms. The van der Waals surface area contributed by atoms with Crippen LogP contribution in [0.25, 0.3) is 0 Å². The molecule has 0 aliphatic carbocycles. The SMILES string of the molecule is Cn1ccnc(NCCc2ccc3c(c2)OCCO3)c1=O. The van der Waals surface area contributed by atoms with Crippen LogP contribution in [0.2, 0.25) is 0 Å². The van der Waals surface area contributed by atoms with Gasteiger partial charge in [-0.3, -0.25) is 4.79 Å². The third-order valence-corrected chi connectivity index (χ3v) is 3.33. The summed E-state index contributed by atoms with van der Waals surface area (Å²) < 4.78 is 12.5. The summed E-state index contributed by atoms with van der Waals surface area (Å²) in [6.07, 6.45) is 4.01. The molecule has 1 aliphatic heterocycles. The monoisotopic (exact) mass is 287 g/mol. The van der Waals surface area contributed by atoms with Gasteiger partial charge in [0, 0.05) is 26.0 Å². The van der Waals surface area contributed by atoms with E-state index in [9.17, 15) is 4.79 Å². The van der Waals surface area contributed by atoms with E-state index in [2.05, 4.69) is 10.3 Å². The molecule has 2 aromatic rings. The normalized spacial score (nSPS) is 13.0. The summed E-state index contributed by atoms with van der Waals surface area (Å²) in [5.41, 5.74) is 0.999. The zero-order chi connectivity index (χ0) is 14.7. The first-order valence-corrected chi connectivity index (χ1v) is 6.88. The second-order valence-corrected chi connectivity index (χ2v) is 4.85. The highest BCUT2D eigenvalue weighted by Crippen LogP contribution is 2.30. The van der Waals surface area contributed by atoms with Gasteiger partial charge < -0.3 is 19.4 Å². The number of anilines is 1. The fourth-order valence-corrected chi connectivity index (χ4v) is 2.19. The Kier molecular flexibility index (Phi) is 3.77. The average molecular weight is 287 g/mol. The van der Waals surface area contributed by atoms with Crippen molar-refractivity contribution in [3.63, 3.8) is 0 Å². The molecule has 1 aromatic carbocycles. The Hall–Kier alpha value is -2.50. The van der Waals surface area contributed by atoms with E-state index in [4.69, 9.17) is 9.47 Å². The van der Waals surface area contributed by atoms with Gasteiger partial charge in [-0.15, -0.1) is 0 Å². The average Bonchev–Trinajstić information content (AvgIpc) is 2.51. The molecule has 0 saturated heterocycles. The third-order valence-electron chi connectivity index (χ3n) is 3.33. The van der Waals surface area contributed by atoms with Crippen LogP contribution in [0.1, 0.15) is 5.56 Å². The van der Waals surface area contributed by atoms with Gasteiger partial charge in [0.15, 0.2) is 17.3 Å². The van der Waals surface area contributed by atoms with Crippen molar-refractivity contribution < 1.29 is 9.47 Å². The molecule has 3 rings (SSSR count). The van der Waals surface area contributed by atoms with Gasteiger partial charge in [0.1, 0.15) is 13.2 Å². The van der Waals surface area contributed by atoms with E-state index in [0.717, 1.165) is 23.5 Å². The Balaban J connectivity index is 1.63. The lowest BCUT2D eigenvalue weighted by molar-refractivity contribution is 0.171. The van der Waals surface area contributed by atoms with Gasteiger partial charge in [0.2, 0.25) is 0 Å². The topological polar surface area (TPSA) is 65.4 Å². The van der Waals surface area contributed by atoms with Crippen molar-refractivity contribution in [2.75, 3.05) is 25.1 Å². The fourth-order valence-electron chi connectivity index (χ4n) is 2.19. The van der Waals surface area contributed by atoms with Crippen LogP contribution >= 0.6 is 0 Å². The van der Waals surface area contributed by atoms with Crippen LogP contribution in [0, 0.1) is 0 Å². The van der Waals surface area contributed by atoms with E-state index < -0.39 is 0 Å². The molecule has 0 radical (unpaired) electrons. The highest BCUT2D eigenvalue weighted by molar-refractivity contribution is 5.44. The summed E-state index contributed by atoms with van der Waals surface area (Å²) in [7, 11) is 1.70. The van der Waals surface area contributed by atoms with Crippen molar-refractivity contribution in [1.82, 2.24) is 9.55 Å². The number of aryl methyl sites for hydroxylation is 1. The molecule has 0 saturated carbocycles. The number of hydrogen-bond donors (Lipinski definition) is 1. The molecule has 0 amide bonds. The van der Waals surface area contributed by atoms with E-state index in [1.165, 1.54) is 4.57 Å². The van der Waals surface area contributed by atoms with Crippen LogP contribution in [-0.4, -0.2) is 29.3 Å². The first kappa shape index (κ1) is 13.5. The maximum Gasteiger partial charge on any atom is 0.293 e. The molecule has 0 atom stereocenters. The molecule has 110 valence electrons. The zero-order valence-electron chi connectivity index (χ0n) is 11.8. The zero-order valence-corrected chi connectivity index (χ0v) is 11.8. The van der Waals surface area contributed by atoms with Crippen molar-refractivity contribution in [2.45, 2.75) is 6.42 Å². The van der Waals surface area contributed by atoms with E-state index in [0.29, 0.717) is 25.6 Å². The molecule has 1 N–H and O–H groups in total. The molecule has 2 heterocycles. The summed E-state index contributed by atoms with van der Waals surface area (Å²) in [4.78, 5) is 15.9. The van der Waals surface area contributed by atoms with Crippen molar-refractivity contribution in [1.29, 1.82) is 0 Å². The van der Waals surface area contributed by atoms with Crippen LogP contribution in [0.4, 0.5) is 5.82 Å². The quantitative estimate of drug-likeness (QED) is 0.915. The van der Waals surface area contributed by atoms with Gasteiger partial charge in [-0.25, -0.2) is 4.98 Å². The Morgan fingerprint density at radius 3 is 2.95 bits per heavy atom. The summed E-state index contributed by atoms with van der Waals surface area (Å²) in [5, 5.41) is 3.07. The molecule has 6 nitrogen and oxygen atoms in total. The minimum absolute atomic E-state index is 0.125. The Morgan fingerprint density at radius 2 is 2.10 bits per heavy atom. The van der Waals surface area contributed by atoms with Crippen LogP contribution < -0.4 is 20.3 Å². The second-order valence-electron chi connectivity index (χ2n) is 4.85. The Bertz CT molecular complexity index is 697. The van der Waals surface area contributed by atoms with Gasteiger partial charge in [0.05, 0.1) is 0 Å². The van der Waals surface area contributed by atoms with E-state index in [-0.39, 0.29) is 5.56 Å². The summed E-state index contributed by atoms with van der Waals surface area (Å²) in [5.74, 6) is 1.95. The molecule has 0 bridgehead atoms. The van der Waals surface area contributed by atoms with Crippen molar-refractivity contribution in [3.05, 3.63) is 46.5 Å². The molecule has 0 unspecified atom stereocenters. The first-order chi connectivity index (χ1) is 10.2. The first-order valence-electron chi connectivity index (χ1n) is 6.88. The number of hydrogen-bond acceptors (Lipinski definition) is 5. The van der Waals surface area contributed by atoms with Gasteiger partial charge in [0.25, 0.3) is 5.56 Å². The Labute approximate surface area is 122 Å². The standard InChI is InChI=1S/C15H17N3O3/c1-18-7-6-17-14(15(18)19)16-5-4-11-2-3-12-13(10-11)21-9-8-20-12/h2-3,6-7,10H,4-5,8-9H2,1H3,(H,16,17). The molecule has 0 spiro atoms. The maximum atomic E-state index is 11.8. The molecular formula is C15H17N3O3. The van der Waals surface area contributed by atoms with Crippen LogP contribution in [0.15, 0.2) is 35.4 Å². The Morgan fingerprint density at radius 1 is 1.29 bits per heavy atom. The summed E-state index contributed by atoms with van der Waals surface area (Å²) in [6.45, 7) is 1.81. The highest BCUT2D eigenvalue weighted by atomic mass is 16.6. The van der Waals surface area contributed by atoms with Crippen molar-refractivity contribution >= 4 is 5.82 Å². The third kappa shape index (κ3) is 2.99. The lowest BCUT2D eigenvalue weighted by Crippen LogP contribution is -2.22. The van der Waals surface area contributed by atoms with Gasteiger partial charge in [-0.1, -0.05) is 6.07 Å². The lowest BCUT2D eigenvalue weighted by atomic mass is 10.1. The van der Waals surface area contributed by atoms with Crippen molar-refractivity contribution in [2.24, 2.45) is 7.05 Å².